The van der Waals surface area contributed by atoms with Crippen LogP contribution in [0.3, 0.4) is 0 Å². The molecule has 0 spiro atoms. The number of aliphatic imine (C=N–C) groups is 1. The Balaban J connectivity index is 1.94. The van der Waals surface area contributed by atoms with Crippen LogP contribution in [0.5, 0.6) is 0 Å². The van der Waals surface area contributed by atoms with E-state index in [1.807, 2.05) is 26.8 Å². The Morgan fingerprint density at radius 1 is 1.26 bits per heavy atom. The van der Waals surface area contributed by atoms with Crippen molar-refractivity contribution in [2.24, 2.45) is 4.99 Å². The van der Waals surface area contributed by atoms with Gasteiger partial charge in [0.2, 0.25) is 5.91 Å². The highest BCUT2D eigenvalue weighted by atomic mass is 32.1. The molecule has 2 aromatic heterocycles. The minimum Gasteiger partial charge on any atom is -0.462 e. The third-order valence-electron chi connectivity index (χ3n) is 4.13. The number of anilines is 1. The molecule has 31 heavy (non-hydrogen) atoms. The van der Waals surface area contributed by atoms with Gasteiger partial charge in [-0.1, -0.05) is 6.07 Å². The number of carbonyl (C=O) groups excluding carboxylic acids is 2. The van der Waals surface area contributed by atoms with E-state index in [-0.39, 0.29) is 24.3 Å². The third-order valence-corrected chi connectivity index (χ3v) is 5.45. The van der Waals surface area contributed by atoms with Crippen molar-refractivity contribution in [2.45, 2.75) is 47.1 Å². The summed E-state index contributed by atoms with van der Waals surface area (Å²) in [6, 6.07) is 3.49. The van der Waals surface area contributed by atoms with E-state index in [1.54, 1.807) is 26.1 Å². The number of hydrogen-bond donors (Lipinski definition) is 3. The van der Waals surface area contributed by atoms with E-state index in [4.69, 9.17) is 4.74 Å². The molecule has 0 saturated carbocycles. The molecule has 168 valence electrons. The van der Waals surface area contributed by atoms with Gasteiger partial charge in [0.15, 0.2) is 5.96 Å². The first-order chi connectivity index (χ1) is 14.8. The minimum atomic E-state index is -0.356. The van der Waals surface area contributed by atoms with Gasteiger partial charge in [0, 0.05) is 19.2 Å². The highest BCUT2D eigenvalue weighted by Gasteiger charge is 2.20. The second-order valence-electron chi connectivity index (χ2n) is 6.83. The van der Waals surface area contributed by atoms with Crippen LogP contribution in [-0.2, 0) is 9.53 Å². The maximum absolute atomic E-state index is 12.1. The number of rotatable bonds is 9. The lowest BCUT2D eigenvalue weighted by Gasteiger charge is -2.16. The molecule has 0 aliphatic carbocycles. The summed E-state index contributed by atoms with van der Waals surface area (Å²) in [5, 5.41) is 9.94. The van der Waals surface area contributed by atoms with Crippen molar-refractivity contribution in [3.8, 4) is 0 Å². The molecule has 1 unspecified atom stereocenters. The standard InChI is InChI=1S/C21H30N6O3S/c1-6-22-21(23-11-10-17(28)27-16-9-8-13(3)12-24-16)26-15(5)19-25-14(4)18(31-19)20(29)30-7-2/h8-9,12,15H,6-7,10-11H2,1-5H3,(H2,22,23,26)(H,24,27,28). The van der Waals surface area contributed by atoms with Crippen LogP contribution in [-0.4, -0.2) is 47.5 Å². The third kappa shape index (κ3) is 7.63. The Morgan fingerprint density at radius 2 is 2.03 bits per heavy atom. The van der Waals surface area contributed by atoms with E-state index < -0.39 is 0 Å². The first-order valence-electron chi connectivity index (χ1n) is 10.3. The smallest absolute Gasteiger partial charge is 0.350 e. The van der Waals surface area contributed by atoms with E-state index in [2.05, 4.69) is 30.9 Å². The van der Waals surface area contributed by atoms with Crippen LogP contribution in [0.2, 0.25) is 0 Å². The minimum absolute atomic E-state index is 0.154. The second-order valence-corrected chi connectivity index (χ2v) is 7.86. The van der Waals surface area contributed by atoms with Crippen molar-refractivity contribution in [1.29, 1.82) is 0 Å². The van der Waals surface area contributed by atoms with Gasteiger partial charge in [0.25, 0.3) is 0 Å². The van der Waals surface area contributed by atoms with E-state index in [9.17, 15) is 9.59 Å². The Bertz CT molecular complexity index is 910. The number of guanidine groups is 1. The van der Waals surface area contributed by atoms with Gasteiger partial charge in [-0.2, -0.15) is 0 Å². The predicted octanol–water partition coefficient (Wildman–Crippen LogP) is 2.98. The molecule has 9 nitrogen and oxygen atoms in total. The molecule has 0 aromatic carbocycles. The lowest BCUT2D eigenvalue weighted by atomic mass is 10.3. The first-order valence-corrected chi connectivity index (χ1v) is 11.1. The molecule has 0 bridgehead atoms. The van der Waals surface area contributed by atoms with Crippen molar-refractivity contribution < 1.29 is 14.3 Å². The lowest BCUT2D eigenvalue weighted by Crippen LogP contribution is -2.39. The van der Waals surface area contributed by atoms with Crippen molar-refractivity contribution in [2.75, 3.05) is 25.0 Å². The summed E-state index contributed by atoms with van der Waals surface area (Å²) >= 11 is 1.30. The first kappa shape index (κ1) is 24.3. The molecule has 2 aromatic rings. The number of aryl methyl sites for hydroxylation is 2. The number of hydrogen-bond acceptors (Lipinski definition) is 7. The summed E-state index contributed by atoms with van der Waals surface area (Å²) in [5.74, 6) is 0.584. The fourth-order valence-corrected chi connectivity index (χ4v) is 3.55. The van der Waals surface area contributed by atoms with Crippen molar-refractivity contribution in [3.63, 3.8) is 0 Å². The number of aromatic nitrogens is 2. The average molecular weight is 447 g/mol. The van der Waals surface area contributed by atoms with Gasteiger partial charge in [-0.15, -0.1) is 11.3 Å². The van der Waals surface area contributed by atoms with E-state index in [0.717, 1.165) is 10.6 Å². The summed E-state index contributed by atoms with van der Waals surface area (Å²) in [6.07, 6.45) is 1.93. The molecular formula is C21H30N6O3S. The zero-order chi connectivity index (χ0) is 22.8. The van der Waals surface area contributed by atoms with Gasteiger partial charge in [0.1, 0.15) is 15.7 Å². The summed E-state index contributed by atoms with van der Waals surface area (Å²) in [5.41, 5.74) is 1.68. The molecule has 3 N–H and O–H groups in total. The Hall–Kier alpha value is -3.01. The summed E-state index contributed by atoms with van der Waals surface area (Å²) < 4.78 is 5.08. The molecule has 0 radical (unpaired) electrons. The largest absolute Gasteiger partial charge is 0.462 e. The summed E-state index contributed by atoms with van der Waals surface area (Å²) in [7, 11) is 0. The number of ether oxygens (including phenoxy) is 1. The highest BCUT2D eigenvalue weighted by molar-refractivity contribution is 7.13. The van der Waals surface area contributed by atoms with Gasteiger partial charge < -0.3 is 20.7 Å². The highest BCUT2D eigenvalue weighted by Crippen LogP contribution is 2.24. The van der Waals surface area contributed by atoms with Crippen LogP contribution in [0, 0.1) is 13.8 Å². The molecule has 0 aliphatic heterocycles. The van der Waals surface area contributed by atoms with Gasteiger partial charge in [0.05, 0.1) is 24.9 Å². The fourth-order valence-electron chi connectivity index (χ4n) is 2.59. The zero-order valence-electron chi connectivity index (χ0n) is 18.6. The maximum atomic E-state index is 12.1. The molecule has 0 fully saturated rings. The van der Waals surface area contributed by atoms with Gasteiger partial charge in [-0.3, -0.25) is 9.79 Å². The normalized spacial score (nSPS) is 12.2. The maximum Gasteiger partial charge on any atom is 0.350 e. The van der Waals surface area contributed by atoms with Crippen LogP contribution < -0.4 is 16.0 Å². The van der Waals surface area contributed by atoms with Crippen LogP contribution in [0.25, 0.3) is 0 Å². The second kappa shape index (κ2) is 12.0. The van der Waals surface area contributed by atoms with E-state index in [0.29, 0.717) is 42.0 Å². The number of pyridine rings is 1. The van der Waals surface area contributed by atoms with Crippen molar-refractivity contribution >= 4 is 35.0 Å². The molecule has 2 heterocycles. The Kier molecular flexibility index (Phi) is 9.39. The molecule has 2 rings (SSSR count). The Labute approximate surface area is 186 Å². The molecule has 0 aliphatic rings. The van der Waals surface area contributed by atoms with Crippen LogP contribution >= 0.6 is 11.3 Å². The predicted molar refractivity (Wildman–Crippen MR) is 123 cm³/mol. The van der Waals surface area contributed by atoms with Gasteiger partial charge in [-0.25, -0.2) is 14.8 Å². The van der Waals surface area contributed by atoms with Gasteiger partial charge in [-0.05, 0) is 46.2 Å². The Morgan fingerprint density at radius 3 is 2.68 bits per heavy atom. The summed E-state index contributed by atoms with van der Waals surface area (Å²) in [6.45, 7) is 10.7. The fraction of sp³-hybridized carbons (Fsp3) is 0.476. The number of amides is 1. The zero-order valence-corrected chi connectivity index (χ0v) is 19.4. The van der Waals surface area contributed by atoms with Crippen molar-refractivity contribution in [1.82, 2.24) is 20.6 Å². The number of nitrogens with one attached hydrogen (secondary N) is 3. The van der Waals surface area contributed by atoms with E-state index >= 15 is 0 Å². The molecule has 1 atom stereocenters. The monoisotopic (exact) mass is 446 g/mol. The van der Waals surface area contributed by atoms with E-state index in [1.165, 1.54) is 11.3 Å². The van der Waals surface area contributed by atoms with Crippen LogP contribution in [0.1, 0.15) is 59.2 Å². The average Bonchev–Trinajstić information content (AvgIpc) is 3.12. The topological polar surface area (TPSA) is 118 Å². The number of esters is 1. The number of carbonyl (C=O) groups is 2. The van der Waals surface area contributed by atoms with Crippen LogP contribution in [0.15, 0.2) is 23.3 Å². The molecular weight excluding hydrogens is 416 g/mol. The molecule has 1 amide bonds. The molecule has 0 saturated heterocycles. The summed E-state index contributed by atoms with van der Waals surface area (Å²) in [4.78, 5) is 37.8. The van der Waals surface area contributed by atoms with Gasteiger partial charge >= 0.3 is 5.97 Å². The number of nitrogens with zero attached hydrogens (tertiary/aromatic N) is 3. The number of thiazole rings is 1. The quantitative estimate of drug-likeness (QED) is 0.308. The van der Waals surface area contributed by atoms with Crippen molar-refractivity contribution in [3.05, 3.63) is 39.5 Å². The molecule has 10 heteroatoms. The lowest BCUT2D eigenvalue weighted by molar-refractivity contribution is -0.116. The SMILES string of the molecule is CCNC(=NCCC(=O)Nc1ccc(C)cn1)NC(C)c1nc(C)c(C(=O)OCC)s1. The van der Waals surface area contributed by atoms with Crippen LogP contribution in [0.4, 0.5) is 5.82 Å².